The van der Waals surface area contributed by atoms with Crippen LogP contribution in [0.25, 0.3) is 0 Å². The molecular weight excluding hydrogens is 300 g/mol. The van der Waals surface area contributed by atoms with E-state index in [4.69, 9.17) is 0 Å². The Hall–Kier alpha value is -2.62. The highest BCUT2D eigenvalue weighted by Gasteiger charge is 2.38. The summed E-state index contributed by atoms with van der Waals surface area (Å²) in [7, 11) is 0. The molecule has 0 saturated carbocycles. The highest BCUT2D eigenvalue weighted by atomic mass is 16.2. The molecule has 1 N–H and O–H groups in total. The van der Waals surface area contributed by atoms with Gasteiger partial charge in [0.25, 0.3) is 5.91 Å². The van der Waals surface area contributed by atoms with Crippen LogP contribution in [0, 0.1) is 0 Å². The molecule has 1 aliphatic rings. The molecule has 0 bridgehead atoms. The van der Waals surface area contributed by atoms with Crippen LogP contribution in [0.3, 0.4) is 0 Å². The average Bonchev–Trinajstić information content (AvgIpc) is 2.84. The van der Waals surface area contributed by atoms with Gasteiger partial charge in [0.05, 0.1) is 13.0 Å². The first-order valence-corrected chi connectivity index (χ1v) is 8.29. The maximum atomic E-state index is 12.5. The highest BCUT2D eigenvalue weighted by molar-refractivity contribution is 6.06. The van der Waals surface area contributed by atoms with Gasteiger partial charge in [-0.3, -0.25) is 14.5 Å². The van der Waals surface area contributed by atoms with Crippen molar-refractivity contribution < 1.29 is 9.59 Å². The third kappa shape index (κ3) is 3.48. The van der Waals surface area contributed by atoms with E-state index in [1.54, 1.807) is 0 Å². The molecule has 4 nitrogen and oxygen atoms in total. The third-order valence-electron chi connectivity index (χ3n) is 4.35. The second-order valence-electron chi connectivity index (χ2n) is 6.48. The molecule has 1 atom stereocenters. The zero-order chi connectivity index (χ0) is 17.1. The molecule has 1 saturated heterocycles. The fraction of sp³-hybridized carbons (Fsp3) is 0.300. The number of anilines is 1. The van der Waals surface area contributed by atoms with E-state index >= 15 is 0 Å². The van der Waals surface area contributed by atoms with Crippen molar-refractivity contribution in [3.8, 4) is 0 Å². The Bertz CT molecular complexity index is 723. The number of hydrogen-bond acceptors (Lipinski definition) is 3. The van der Waals surface area contributed by atoms with E-state index in [-0.39, 0.29) is 18.2 Å². The minimum absolute atomic E-state index is 0.125. The summed E-state index contributed by atoms with van der Waals surface area (Å²) in [6, 6.07) is 17.1. The summed E-state index contributed by atoms with van der Waals surface area (Å²) in [4.78, 5) is 26.1. The topological polar surface area (TPSA) is 49.4 Å². The SMILES string of the molecule is CC(C)c1ccc(NC2CC(=O)N(Cc3ccccc3)C2=O)cc1. The van der Waals surface area contributed by atoms with Crippen LogP contribution >= 0.6 is 0 Å². The first-order valence-electron chi connectivity index (χ1n) is 8.29. The second-order valence-corrected chi connectivity index (χ2v) is 6.48. The lowest BCUT2D eigenvalue weighted by atomic mass is 10.0. The molecular formula is C20H22N2O2. The minimum Gasteiger partial charge on any atom is -0.373 e. The van der Waals surface area contributed by atoms with Crippen molar-refractivity contribution in [1.82, 2.24) is 4.90 Å². The van der Waals surface area contributed by atoms with E-state index < -0.39 is 6.04 Å². The average molecular weight is 322 g/mol. The van der Waals surface area contributed by atoms with Crippen molar-refractivity contribution in [3.05, 3.63) is 65.7 Å². The molecule has 3 rings (SSSR count). The van der Waals surface area contributed by atoms with E-state index in [2.05, 4.69) is 31.3 Å². The highest BCUT2D eigenvalue weighted by Crippen LogP contribution is 2.22. The van der Waals surface area contributed by atoms with Gasteiger partial charge >= 0.3 is 0 Å². The summed E-state index contributed by atoms with van der Waals surface area (Å²) >= 11 is 0. The molecule has 0 radical (unpaired) electrons. The van der Waals surface area contributed by atoms with Crippen molar-refractivity contribution >= 4 is 17.5 Å². The van der Waals surface area contributed by atoms with Crippen molar-refractivity contribution in [1.29, 1.82) is 0 Å². The van der Waals surface area contributed by atoms with Crippen LogP contribution in [0.2, 0.25) is 0 Å². The number of nitrogens with one attached hydrogen (secondary N) is 1. The fourth-order valence-corrected chi connectivity index (χ4v) is 2.89. The minimum atomic E-state index is -0.480. The van der Waals surface area contributed by atoms with Gasteiger partial charge in [0.2, 0.25) is 5.91 Å². The van der Waals surface area contributed by atoms with Crippen molar-refractivity contribution in [2.24, 2.45) is 0 Å². The molecule has 1 unspecified atom stereocenters. The summed E-state index contributed by atoms with van der Waals surface area (Å²) in [5, 5.41) is 3.19. The molecule has 2 aromatic rings. The van der Waals surface area contributed by atoms with Gasteiger partial charge < -0.3 is 5.32 Å². The molecule has 2 aromatic carbocycles. The lowest BCUT2D eigenvalue weighted by Crippen LogP contribution is -2.34. The van der Waals surface area contributed by atoms with Gasteiger partial charge in [0.15, 0.2) is 0 Å². The number of nitrogens with zero attached hydrogens (tertiary/aromatic N) is 1. The Kier molecular flexibility index (Phi) is 4.65. The molecule has 0 spiro atoms. The molecule has 0 aliphatic carbocycles. The molecule has 1 fully saturated rings. The standard InChI is InChI=1S/C20H22N2O2/c1-14(2)16-8-10-17(11-9-16)21-18-12-19(23)22(20(18)24)13-15-6-4-3-5-7-15/h3-11,14,18,21H,12-13H2,1-2H3. The molecule has 0 aromatic heterocycles. The normalized spacial score (nSPS) is 17.6. The number of hydrogen-bond donors (Lipinski definition) is 1. The number of rotatable bonds is 5. The van der Waals surface area contributed by atoms with Gasteiger partial charge in [-0.25, -0.2) is 0 Å². The quantitative estimate of drug-likeness (QED) is 0.857. The first-order chi connectivity index (χ1) is 11.5. The summed E-state index contributed by atoms with van der Waals surface area (Å²) in [6.45, 7) is 4.62. The number of carbonyl (C=O) groups excluding carboxylic acids is 2. The van der Waals surface area contributed by atoms with E-state index in [0.29, 0.717) is 12.5 Å². The van der Waals surface area contributed by atoms with Crippen LogP contribution in [0.1, 0.15) is 37.3 Å². The van der Waals surface area contributed by atoms with Gasteiger partial charge in [-0.05, 0) is 29.2 Å². The monoisotopic (exact) mass is 322 g/mol. The van der Waals surface area contributed by atoms with Gasteiger partial charge in [0, 0.05) is 5.69 Å². The summed E-state index contributed by atoms with van der Waals surface area (Å²) in [6.07, 6.45) is 0.206. The molecule has 24 heavy (non-hydrogen) atoms. The van der Waals surface area contributed by atoms with E-state index in [0.717, 1.165) is 11.3 Å². The molecule has 4 heteroatoms. The number of carbonyl (C=O) groups is 2. The lowest BCUT2D eigenvalue weighted by Gasteiger charge is -2.16. The zero-order valence-corrected chi connectivity index (χ0v) is 14.0. The zero-order valence-electron chi connectivity index (χ0n) is 14.0. The van der Waals surface area contributed by atoms with Crippen molar-refractivity contribution in [2.75, 3.05) is 5.32 Å². The molecule has 1 heterocycles. The Morgan fingerprint density at radius 1 is 1.04 bits per heavy atom. The Balaban J connectivity index is 1.67. The molecule has 2 amide bonds. The predicted octanol–water partition coefficient (Wildman–Crippen LogP) is 3.55. The van der Waals surface area contributed by atoms with Crippen LogP contribution in [0.15, 0.2) is 54.6 Å². The Labute approximate surface area is 142 Å². The third-order valence-corrected chi connectivity index (χ3v) is 4.35. The number of amides is 2. The van der Waals surface area contributed by atoms with E-state index in [1.807, 2.05) is 42.5 Å². The van der Waals surface area contributed by atoms with Crippen LogP contribution in [-0.4, -0.2) is 22.8 Å². The summed E-state index contributed by atoms with van der Waals surface area (Å²) in [5.41, 5.74) is 3.08. The first kappa shape index (κ1) is 16.2. The maximum absolute atomic E-state index is 12.5. The second kappa shape index (κ2) is 6.87. The maximum Gasteiger partial charge on any atom is 0.252 e. The van der Waals surface area contributed by atoms with E-state index in [9.17, 15) is 9.59 Å². The van der Waals surface area contributed by atoms with Crippen molar-refractivity contribution in [2.45, 2.75) is 38.8 Å². The number of likely N-dealkylation sites (tertiary alicyclic amines) is 1. The summed E-state index contributed by atoms with van der Waals surface area (Å²) < 4.78 is 0. The smallest absolute Gasteiger partial charge is 0.252 e. The lowest BCUT2D eigenvalue weighted by molar-refractivity contribution is -0.139. The van der Waals surface area contributed by atoms with Gasteiger partial charge in [0.1, 0.15) is 6.04 Å². The van der Waals surface area contributed by atoms with Gasteiger partial charge in [-0.1, -0.05) is 56.3 Å². The summed E-state index contributed by atoms with van der Waals surface area (Å²) in [5.74, 6) is 0.187. The van der Waals surface area contributed by atoms with Crippen molar-refractivity contribution in [3.63, 3.8) is 0 Å². The number of imide groups is 1. The van der Waals surface area contributed by atoms with Crippen LogP contribution in [-0.2, 0) is 16.1 Å². The van der Waals surface area contributed by atoms with E-state index in [1.165, 1.54) is 10.5 Å². The van der Waals surface area contributed by atoms with Crippen LogP contribution in [0.4, 0.5) is 5.69 Å². The Morgan fingerprint density at radius 3 is 2.33 bits per heavy atom. The number of benzene rings is 2. The Morgan fingerprint density at radius 2 is 1.71 bits per heavy atom. The van der Waals surface area contributed by atoms with Crippen LogP contribution in [0.5, 0.6) is 0 Å². The largest absolute Gasteiger partial charge is 0.373 e. The van der Waals surface area contributed by atoms with Gasteiger partial charge in [-0.15, -0.1) is 0 Å². The van der Waals surface area contributed by atoms with Gasteiger partial charge in [-0.2, -0.15) is 0 Å². The van der Waals surface area contributed by atoms with Crippen LogP contribution < -0.4 is 5.32 Å². The predicted molar refractivity (Wildman–Crippen MR) is 94.6 cm³/mol. The molecule has 1 aliphatic heterocycles. The molecule has 124 valence electrons. The fourth-order valence-electron chi connectivity index (χ4n) is 2.89.